The van der Waals surface area contributed by atoms with E-state index in [1.807, 2.05) is 22.9 Å². The van der Waals surface area contributed by atoms with Crippen LogP contribution in [0.2, 0.25) is 0 Å². The molecule has 0 aromatic carbocycles. The highest BCUT2D eigenvalue weighted by molar-refractivity contribution is 7.99. The van der Waals surface area contributed by atoms with E-state index in [0.717, 1.165) is 43.3 Å². The van der Waals surface area contributed by atoms with Crippen LogP contribution in [0.15, 0.2) is 64.0 Å². The molecule has 0 bridgehead atoms. The molecule has 0 spiro atoms. The number of hydrogen-bond acceptors (Lipinski definition) is 7. The molecule has 1 saturated heterocycles. The molecule has 3 aromatic heterocycles. The van der Waals surface area contributed by atoms with Crippen LogP contribution >= 0.6 is 11.8 Å². The molecule has 26 heavy (non-hydrogen) atoms. The van der Waals surface area contributed by atoms with Crippen LogP contribution in [0.25, 0.3) is 0 Å². The third-order valence-corrected chi connectivity index (χ3v) is 5.39. The maximum absolute atomic E-state index is 10.8. The van der Waals surface area contributed by atoms with E-state index in [-0.39, 0.29) is 0 Å². The molecule has 0 radical (unpaired) electrons. The number of aliphatic hydroxyl groups is 1. The molecular formula is C18H21N5O2S. The molecule has 0 amide bonds. The van der Waals surface area contributed by atoms with Crippen molar-refractivity contribution in [3.8, 4) is 0 Å². The van der Waals surface area contributed by atoms with Crippen molar-refractivity contribution in [3.63, 3.8) is 0 Å². The fourth-order valence-corrected chi connectivity index (χ4v) is 3.84. The Kier molecular flexibility index (Phi) is 5.05. The first kappa shape index (κ1) is 17.3. The number of hydrogen-bond donors (Lipinski definition) is 1. The Balaban J connectivity index is 1.29. The van der Waals surface area contributed by atoms with Crippen LogP contribution in [0.3, 0.4) is 0 Å². The van der Waals surface area contributed by atoms with Gasteiger partial charge >= 0.3 is 0 Å². The van der Waals surface area contributed by atoms with Gasteiger partial charge in [0, 0.05) is 37.9 Å². The van der Waals surface area contributed by atoms with Crippen molar-refractivity contribution in [2.24, 2.45) is 0 Å². The number of likely N-dealkylation sites (tertiary alicyclic amines) is 1. The molecule has 0 atom stereocenters. The second-order valence-corrected chi connectivity index (χ2v) is 7.56. The first-order valence-electron chi connectivity index (χ1n) is 8.63. The summed E-state index contributed by atoms with van der Waals surface area (Å²) < 4.78 is 7.84. The second kappa shape index (κ2) is 7.61. The van der Waals surface area contributed by atoms with Crippen molar-refractivity contribution in [2.45, 2.75) is 41.8 Å². The van der Waals surface area contributed by atoms with Gasteiger partial charge in [0.15, 0.2) is 10.2 Å². The number of aromatic nitrogens is 4. The van der Waals surface area contributed by atoms with Crippen molar-refractivity contribution in [2.75, 3.05) is 13.1 Å². The number of piperidine rings is 1. The third kappa shape index (κ3) is 4.32. The summed E-state index contributed by atoms with van der Waals surface area (Å²) >= 11 is 1.42. The van der Waals surface area contributed by atoms with E-state index in [9.17, 15) is 5.11 Å². The number of rotatable bonds is 6. The predicted octanol–water partition coefficient (Wildman–Crippen LogP) is 2.44. The molecule has 8 heteroatoms. The highest BCUT2D eigenvalue weighted by Crippen LogP contribution is 2.28. The van der Waals surface area contributed by atoms with Crippen LogP contribution in [-0.4, -0.2) is 48.2 Å². The Morgan fingerprint density at radius 3 is 2.69 bits per heavy atom. The van der Waals surface area contributed by atoms with Crippen molar-refractivity contribution in [1.82, 2.24) is 24.4 Å². The van der Waals surface area contributed by atoms with Crippen LogP contribution in [-0.2, 0) is 13.1 Å². The lowest BCUT2D eigenvalue weighted by Crippen LogP contribution is -2.46. The molecule has 0 saturated carbocycles. The largest absolute Gasteiger partial charge is 0.453 e. The average Bonchev–Trinajstić information content (AvgIpc) is 3.30. The summed E-state index contributed by atoms with van der Waals surface area (Å²) in [5, 5.41) is 12.2. The van der Waals surface area contributed by atoms with Crippen LogP contribution in [0.5, 0.6) is 0 Å². The quantitative estimate of drug-likeness (QED) is 0.667. The Morgan fingerprint density at radius 1 is 1.15 bits per heavy atom. The lowest BCUT2D eigenvalue weighted by Gasteiger charge is -2.38. The monoisotopic (exact) mass is 371 g/mol. The molecule has 0 unspecified atom stereocenters. The zero-order valence-corrected chi connectivity index (χ0v) is 15.2. The van der Waals surface area contributed by atoms with Gasteiger partial charge in [-0.25, -0.2) is 15.0 Å². The van der Waals surface area contributed by atoms with E-state index in [1.54, 1.807) is 31.0 Å². The van der Waals surface area contributed by atoms with E-state index in [4.69, 9.17) is 4.42 Å². The standard InChI is InChI=1S/C18H21N5O2S/c24-18(13-23-11-8-19-14-23)4-9-22(10-5-18)12-15-2-3-16(25-15)26-17-20-6-1-7-21-17/h1-3,6-8,11,14,24H,4-5,9-10,12-13H2. The first-order valence-corrected chi connectivity index (χ1v) is 9.44. The van der Waals surface area contributed by atoms with Gasteiger partial charge in [-0.15, -0.1) is 0 Å². The Hall–Kier alpha value is -2.16. The molecule has 4 rings (SSSR count). The summed E-state index contributed by atoms with van der Waals surface area (Å²) in [4.78, 5) is 14.7. The molecule has 0 aliphatic carbocycles. The molecule has 1 fully saturated rings. The minimum atomic E-state index is -0.661. The fraction of sp³-hybridized carbons (Fsp3) is 0.389. The van der Waals surface area contributed by atoms with Crippen molar-refractivity contribution < 1.29 is 9.52 Å². The van der Waals surface area contributed by atoms with Gasteiger partial charge in [-0.1, -0.05) is 0 Å². The van der Waals surface area contributed by atoms with Crippen molar-refractivity contribution in [3.05, 3.63) is 55.1 Å². The number of imidazole rings is 1. The maximum atomic E-state index is 10.8. The van der Waals surface area contributed by atoms with Crippen molar-refractivity contribution >= 4 is 11.8 Å². The topological polar surface area (TPSA) is 80.2 Å². The van der Waals surface area contributed by atoms with Crippen LogP contribution in [0.1, 0.15) is 18.6 Å². The van der Waals surface area contributed by atoms with Crippen LogP contribution < -0.4 is 0 Å². The summed E-state index contributed by atoms with van der Waals surface area (Å²) in [6.07, 6.45) is 10.3. The lowest BCUT2D eigenvalue weighted by molar-refractivity contribution is -0.0369. The average molecular weight is 371 g/mol. The van der Waals surface area contributed by atoms with Gasteiger partial charge in [0.05, 0.1) is 25.0 Å². The van der Waals surface area contributed by atoms with E-state index in [2.05, 4.69) is 19.9 Å². The molecule has 4 heterocycles. The van der Waals surface area contributed by atoms with E-state index >= 15 is 0 Å². The highest BCUT2D eigenvalue weighted by atomic mass is 32.2. The zero-order chi connectivity index (χ0) is 17.8. The molecule has 1 aliphatic rings. The predicted molar refractivity (Wildman–Crippen MR) is 96.6 cm³/mol. The number of furan rings is 1. The van der Waals surface area contributed by atoms with Crippen LogP contribution in [0, 0.1) is 0 Å². The summed E-state index contributed by atoms with van der Waals surface area (Å²) in [7, 11) is 0. The maximum Gasteiger partial charge on any atom is 0.195 e. The minimum absolute atomic E-state index is 0.597. The second-order valence-electron chi connectivity index (χ2n) is 6.59. The summed E-state index contributed by atoms with van der Waals surface area (Å²) in [6.45, 7) is 3.03. The van der Waals surface area contributed by atoms with E-state index in [1.165, 1.54) is 11.8 Å². The highest BCUT2D eigenvalue weighted by Gasteiger charge is 2.32. The Morgan fingerprint density at radius 2 is 1.96 bits per heavy atom. The normalized spacial score (nSPS) is 17.4. The number of nitrogens with zero attached hydrogens (tertiary/aromatic N) is 5. The van der Waals surface area contributed by atoms with Gasteiger partial charge < -0.3 is 14.1 Å². The smallest absolute Gasteiger partial charge is 0.195 e. The van der Waals surface area contributed by atoms with Gasteiger partial charge in [0.2, 0.25) is 0 Å². The van der Waals surface area contributed by atoms with Gasteiger partial charge in [0.1, 0.15) is 5.76 Å². The van der Waals surface area contributed by atoms with E-state index in [0.29, 0.717) is 11.7 Å². The fourth-order valence-electron chi connectivity index (χ4n) is 3.15. The zero-order valence-electron chi connectivity index (χ0n) is 14.4. The van der Waals surface area contributed by atoms with Gasteiger partial charge in [-0.2, -0.15) is 0 Å². The van der Waals surface area contributed by atoms with Crippen molar-refractivity contribution in [1.29, 1.82) is 0 Å². The summed E-state index contributed by atoms with van der Waals surface area (Å²) in [5.74, 6) is 0.920. The Bertz CT molecular complexity index is 813. The third-order valence-electron chi connectivity index (χ3n) is 4.57. The molecule has 1 N–H and O–H groups in total. The summed E-state index contributed by atoms with van der Waals surface area (Å²) in [5.41, 5.74) is -0.661. The molecule has 3 aromatic rings. The molecular weight excluding hydrogens is 350 g/mol. The molecule has 7 nitrogen and oxygen atoms in total. The van der Waals surface area contributed by atoms with Crippen LogP contribution in [0.4, 0.5) is 0 Å². The molecule has 1 aliphatic heterocycles. The molecule has 136 valence electrons. The van der Waals surface area contributed by atoms with E-state index < -0.39 is 5.60 Å². The SMILES string of the molecule is OC1(Cn2ccnc2)CCN(Cc2ccc(Sc3ncccn3)o2)CC1. The Labute approximate surface area is 156 Å². The van der Waals surface area contributed by atoms with Gasteiger partial charge in [-0.3, -0.25) is 4.90 Å². The summed E-state index contributed by atoms with van der Waals surface area (Å²) in [6, 6.07) is 5.75. The lowest BCUT2D eigenvalue weighted by atomic mass is 9.91. The first-order chi connectivity index (χ1) is 12.7. The van der Waals surface area contributed by atoms with Gasteiger partial charge in [-0.05, 0) is 42.8 Å². The van der Waals surface area contributed by atoms with Gasteiger partial charge in [0.25, 0.3) is 0 Å². The minimum Gasteiger partial charge on any atom is -0.453 e.